The quantitative estimate of drug-likeness (QED) is 0.206. The van der Waals surface area contributed by atoms with Crippen LogP contribution in [-0.2, 0) is 22.4 Å². The number of benzene rings is 1. The van der Waals surface area contributed by atoms with Gasteiger partial charge >= 0.3 is 6.01 Å². The van der Waals surface area contributed by atoms with Crippen LogP contribution in [-0.4, -0.2) is 126 Å². The number of morpholine rings is 1. The Balaban J connectivity index is 1.09. The third kappa shape index (κ3) is 7.84. The van der Waals surface area contributed by atoms with Gasteiger partial charge in [0.15, 0.2) is 11.6 Å². The Hall–Kier alpha value is -5.20. The van der Waals surface area contributed by atoms with Crippen LogP contribution in [0, 0.1) is 18.2 Å². The fourth-order valence-electron chi connectivity index (χ4n) is 9.72. The largest absolute Gasteiger partial charge is 0.486 e. The van der Waals surface area contributed by atoms with Gasteiger partial charge in [0, 0.05) is 45.9 Å². The van der Waals surface area contributed by atoms with Gasteiger partial charge in [-0.15, -0.1) is 6.42 Å². The molecule has 5 atom stereocenters. The standard InChI is InChI=1S/C44H54F2N8O5/c1-6-34-35(46)12-10-29-18-33(55)23-53(39(29)34)32-19-36-40(58-25-32)41(48-26-44(14-8-9-15-44)51(5)38(56)7-2)50-42(49-36)59-27-43(4)20-30(45)22-54(43)31-11-13-37(47-21-31)52-16-17-57-24-28(52)3/h1,7,10-13,21,28,30,32-33,55H,2,8-9,14-20,22-27H2,3-5H3,(H,48,49,50)/t28-,30-,32+,33+,43+/m1/s1. The van der Waals surface area contributed by atoms with E-state index in [1.54, 1.807) is 24.2 Å². The maximum Gasteiger partial charge on any atom is 0.318 e. The SMILES string of the molecule is C#Cc1c(F)ccc2c1N([C@@H]1COc3c(nc(OC[C@]4(C)C[C@@H](F)CN4c4ccc(N5CCOC[C@H]5C)nc4)nc3NCC3(N(C)C(=O)C=C)CCCC3)C1)C[C@@H](O)C2. The van der Waals surface area contributed by atoms with E-state index in [2.05, 4.69) is 29.6 Å². The van der Waals surface area contributed by atoms with Gasteiger partial charge < -0.3 is 44.2 Å². The van der Waals surface area contributed by atoms with E-state index in [0.717, 1.165) is 49.3 Å². The Morgan fingerprint density at radius 2 is 2.00 bits per heavy atom. The monoisotopic (exact) mass is 812 g/mol. The van der Waals surface area contributed by atoms with Gasteiger partial charge in [-0.1, -0.05) is 31.4 Å². The highest BCUT2D eigenvalue weighted by molar-refractivity contribution is 5.87. The molecule has 1 aliphatic carbocycles. The number of amides is 1. The number of rotatable bonds is 11. The fourth-order valence-corrected chi connectivity index (χ4v) is 9.72. The third-order valence-electron chi connectivity index (χ3n) is 13.0. The summed E-state index contributed by atoms with van der Waals surface area (Å²) < 4.78 is 49.0. The number of ether oxygens (including phenoxy) is 3. The van der Waals surface area contributed by atoms with Crippen molar-refractivity contribution in [2.24, 2.45) is 0 Å². The number of anilines is 4. The minimum absolute atomic E-state index is 0.0786. The average Bonchev–Trinajstić information content (AvgIpc) is 3.85. The predicted molar refractivity (Wildman–Crippen MR) is 222 cm³/mol. The van der Waals surface area contributed by atoms with Gasteiger partial charge in [0.25, 0.3) is 0 Å². The number of aliphatic hydroxyl groups is 1. The topological polar surface area (TPSA) is 129 Å². The number of terminal acetylenes is 1. The number of nitrogens with zero attached hydrogens (tertiary/aromatic N) is 7. The smallest absolute Gasteiger partial charge is 0.318 e. The van der Waals surface area contributed by atoms with Crippen LogP contribution in [0.5, 0.6) is 11.8 Å². The molecule has 8 rings (SSSR count). The molecule has 2 aromatic heterocycles. The second kappa shape index (κ2) is 16.5. The normalized spacial score (nSPS) is 26.0. The van der Waals surface area contributed by atoms with Crippen LogP contribution in [0.15, 0.2) is 43.1 Å². The Morgan fingerprint density at radius 1 is 1.19 bits per heavy atom. The first-order chi connectivity index (χ1) is 28.4. The number of alkyl halides is 1. The summed E-state index contributed by atoms with van der Waals surface area (Å²) in [6.45, 7) is 10.9. The van der Waals surface area contributed by atoms with Crippen molar-refractivity contribution < 1.29 is 32.9 Å². The summed E-state index contributed by atoms with van der Waals surface area (Å²) in [7, 11) is 1.80. The fraction of sp³-hybridized carbons (Fsp3) is 0.545. The Morgan fingerprint density at radius 3 is 2.73 bits per heavy atom. The number of nitrogens with one attached hydrogen (secondary N) is 1. The maximum atomic E-state index is 15.4. The molecular formula is C44H54F2N8O5. The highest BCUT2D eigenvalue weighted by Crippen LogP contribution is 2.42. The average molecular weight is 813 g/mol. The van der Waals surface area contributed by atoms with E-state index in [1.165, 1.54) is 12.1 Å². The number of carbonyl (C=O) groups is 1. The van der Waals surface area contributed by atoms with E-state index >= 15 is 8.78 Å². The van der Waals surface area contributed by atoms with Crippen molar-refractivity contribution >= 4 is 28.9 Å². The lowest BCUT2D eigenvalue weighted by Gasteiger charge is -2.42. The van der Waals surface area contributed by atoms with Crippen molar-refractivity contribution in [3.8, 4) is 24.1 Å². The molecule has 1 aromatic carbocycles. The number of aliphatic hydroxyl groups excluding tert-OH is 1. The van der Waals surface area contributed by atoms with Gasteiger partial charge in [0.05, 0.1) is 77.9 Å². The minimum Gasteiger partial charge on any atom is -0.486 e. The maximum absolute atomic E-state index is 15.4. The van der Waals surface area contributed by atoms with Crippen LogP contribution in [0.2, 0.25) is 0 Å². The predicted octanol–water partition coefficient (Wildman–Crippen LogP) is 4.70. The van der Waals surface area contributed by atoms with Gasteiger partial charge in [-0.25, -0.2) is 13.8 Å². The van der Waals surface area contributed by atoms with E-state index in [-0.39, 0.29) is 62.3 Å². The van der Waals surface area contributed by atoms with Crippen molar-refractivity contribution in [1.29, 1.82) is 0 Å². The number of β-amino-alcohol motifs (C(OH)–C–C–N with tert-alkyl or cyclic N) is 1. The highest BCUT2D eigenvalue weighted by Gasteiger charge is 2.45. The van der Waals surface area contributed by atoms with Crippen LogP contribution in [0.3, 0.4) is 0 Å². The highest BCUT2D eigenvalue weighted by atomic mass is 19.1. The van der Waals surface area contributed by atoms with Crippen LogP contribution < -0.4 is 29.5 Å². The number of halogens is 2. The summed E-state index contributed by atoms with van der Waals surface area (Å²) >= 11 is 0. The van der Waals surface area contributed by atoms with E-state index < -0.39 is 29.2 Å². The van der Waals surface area contributed by atoms with Gasteiger partial charge in [-0.05, 0) is 56.5 Å². The molecule has 314 valence electrons. The van der Waals surface area contributed by atoms with Crippen molar-refractivity contribution in [2.75, 3.05) is 79.7 Å². The molecule has 0 spiro atoms. The zero-order valence-corrected chi connectivity index (χ0v) is 34.1. The van der Waals surface area contributed by atoms with Crippen LogP contribution >= 0.6 is 0 Å². The number of aromatic nitrogens is 3. The number of carbonyl (C=O) groups excluding carboxylic acids is 1. The number of likely N-dealkylation sites (N-methyl/N-ethyl adjacent to an activating group) is 1. The van der Waals surface area contributed by atoms with Crippen molar-refractivity contribution in [3.63, 3.8) is 0 Å². The summed E-state index contributed by atoms with van der Waals surface area (Å²) in [5.74, 6) is 3.58. The van der Waals surface area contributed by atoms with Gasteiger partial charge in [0.1, 0.15) is 31.0 Å². The van der Waals surface area contributed by atoms with Crippen LogP contribution in [0.4, 0.5) is 31.8 Å². The van der Waals surface area contributed by atoms with Gasteiger partial charge in [0.2, 0.25) is 5.91 Å². The summed E-state index contributed by atoms with van der Waals surface area (Å²) in [6, 6.07) is 6.90. The molecular weight excluding hydrogens is 759 g/mol. The van der Waals surface area contributed by atoms with Crippen molar-refractivity contribution in [1.82, 2.24) is 19.9 Å². The van der Waals surface area contributed by atoms with Gasteiger partial charge in [-0.2, -0.15) is 9.97 Å². The molecule has 4 aliphatic heterocycles. The number of pyridine rings is 1. The van der Waals surface area contributed by atoms with Crippen LogP contribution in [0.25, 0.3) is 0 Å². The second-order valence-corrected chi connectivity index (χ2v) is 17.0. The molecule has 0 bridgehead atoms. The Labute approximate surface area is 344 Å². The van der Waals surface area contributed by atoms with E-state index in [1.807, 2.05) is 28.9 Å². The first kappa shape index (κ1) is 40.6. The first-order valence-corrected chi connectivity index (χ1v) is 20.7. The van der Waals surface area contributed by atoms with Crippen molar-refractivity contribution in [2.45, 2.75) is 94.2 Å². The molecule has 1 amide bonds. The second-order valence-electron chi connectivity index (χ2n) is 17.0. The number of hydrogen-bond donors (Lipinski definition) is 2. The molecule has 1 saturated carbocycles. The zero-order valence-electron chi connectivity index (χ0n) is 34.1. The summed E-state index contributed by atoms with van der Waals surface area (Å²) in [5, 5.41) is 14.4. The number of fused-ring (bicyclic) bond motifs is 2. The molecule has 13 nitrogen and oxygen atoms in total. The van der Waals surface area contributed by atoms with Gasteiger partial charge in [-0.3, -0.25) is 4.79 Å². The summed E-state index contributed by atoms with van der Waals surface area (Å²) in [5.41, 5.74) is 1.60. The number of hydrogen-bond acceptors (Lipinski definition) is 12. The van der Waals surface area contributed by atoms with Crippen LogP contribution in [0.1, 0.15) is 62.8 Å². The Kier molecular flexibility index (Phi) is 11.3. The van der Waals surface area contributed by atoms with E-state index in [4.69, 9.17) is 35.6 Å². The molecule has 6 heterocycles. The summed E-state index contributed by atoms with van der Waals surface area (Å²) in [4.78, 5) is 35.3. The lowest BCUT2D eigenvalue weighted by Crippen LogP contribution is -2.52. The zero-order chi connectivity index (χ0) is 41.5. The lowest BCUT2D eigenvalue weighted by atomic mass is 9.93. The summed E-state index contributed by atoms with van der Waals surface area (Å²) in [6.07, 6.45) is 11.7. The molecule has 0 radical (unpaired) electrons. The molecule has 0 unspecified atom stereocenters. The minimum atomic E-state index is -1.09. The van der Waals surface area contributed by atoms with E-state index in [9.17, 15) is 9.90 Å². The molecule has 3 fully saturated rings. The molecule has 3 aromatic rings. The molecule has 2 N–H and O–H groups in total. The molecule has 2 saturated heterocycles. The molecule has 5 aliphatic rings. The molecule has 15 heteroatoms. The van der Waals surface area contributed by atoms with E-state index in [0.29, 0.717) is 55.5 Å². The van der Waals surface area contributed by atoms with Crippen molar-refractivity contribution in [3.05, 3.63) is 65.8 Å². The third-order valence-corrected chi connectivity index (χ3v) is 13.0. The lowest BCUT2D eigenvalue weighted by molar-refractivity contribution is -0.129. The molecule has 59 heavy (non-hydrogen) atoms. The Bertz CT molecular complexity index is 2090. The first-order valence-electron chi connectivity index (χ1n) is 20.7.